The Morgan fingerprint density at radius 2 is 2.21 bits per heavy atom. The highest BCUT2D eigenvalue weighted by atomic mass is 32.2. The van der Waals surface area contributed by atoms with Gasteiger partial charge in [0.05, 0.1) is 4.90 Å². The van der Waals surface area contributed by atoms with Crippen LogP contribution >= 0.6 is 11.3 Å². The molecule has 1 aromatic heterocycles. The molecule has 0 bridgehead atoms. The Labute approximate surface area is 119 Å². The quantitative estimate of drug-likeness (QED) is 0.897. The van der Waals surface area contributed by atoms with Gasteiger partial charge in [0, 0.05) is 22.3 Å². The molecule has 1 fully saturated rings. The topological polar surface area (TPSA) is 72.2 Å². The normalized spacial score (nSPS) is 22.8. The summed E-state index contributed by atoms with van der Waals surface area (Å²) in [4.78, 5) is 2.11. The summed E-state index contributed by atoms with van der Waals surface area (Å²) in [7, 11) is -3.41. The fraction of sp³-hybridized carbons (Fsp3) is 0.692. The van der Waals surface area contributed by atoms with Crippen LogP contribution in [0, 0.1) is 12.3 Å². The average molecular weight is 302 g/mol. The zero-order chi connectivity index (χ0) is 14.3. The van der Waals surface area contributed by atoms with E-state index < -0.39 is 10.0 Å². The van der Waals surface area contributed by atoms with E-state index in [1.165, 1.54) is 11.3 Å². The minimum atomic E-state index is -3.41. The van der Waals surface area contributed by atoms with Gasteiger partial charge >= 0.3 is 0 Å². The number of nitrogens with one attached hydrogen (secondary N) is 1. The van der Waals surface area contributed by atoms with E-state index in [2.05, 4.69) is 18.6 Å². The van der Waals surface area contributed by atoms with E-state index in [9.17, 15) is 8.42 Å². The summed E-state index contributed by atoms with van der Waals surface area (Å²) in [6.45, 7) is 6.59. The molecule has 1 saturated carbocycles. The van der Waals surface area contributed by atoms with Crippen LogP contribution in [0.3, 0.4) is 0 Å². The van der Waals surface area contributed by atoms with Crippen molar-refractivity contribution in [2.75, 3.05) is 0 Å². The first-order valence-electron chi connectivity index (χ1n) is 6.55. The van der Waals surface area contributed by atoms with Crippen LogP contribution in [0.25, 0.3) is 0 Å². The molecule has 0 aromatic carbocycles. The standard InChI is InChI=1S/C13H22N2O2S2/c1-9-12(6-11(8-14)18-9)19(16,17)15-10-4-5-13(2,3)7-10/h6,10,15H,4-5,7-8,14H2,1-3H3. The van der Waals surface area contributed by atoms with E-state index in [1.807, 2.05) is 6.92 Å². The van der Waals surface area contributed by atoms with Gasteiger partial charge in [-0.15, -0.1) is 11.3 Å². The van der Waals surface area contributed by atoms with Crippen molar-refractivity contribution in [3.05, 3.63) is 15.8 Å². The van der Waals surface area contributed by atoms with E-state index >= 15 is 0 Å². The molecule has 1 atom stereocenters. The summed E-state index contributed by atoms with van der Waals surface area (Å²) in [5.41, 5.74) is 5.81. The van der Waals surface area contributed by atoms with Crippen LogP contribution in [0.1, 0.15) is 42.9 Å². The third-order valence-electron chi connectivity index (χ3n) is 3.70. The van der Waals surface area contributed by atoms with Gasteiger partial charge in [-0.3, -0.25) is 0 Å². The molecule has 1 aliphatic rings. The Kier molecular flexibility index (Phi) is 4.07. The summed E-state index contributed by atoms with van der Waals surface area (Å²) >= 11 is 1.45. The number of hydrogen-bond acceptors (Lipinski definition) is 4. The maximum absolute atomic E-state index is 12.4. The lowest BCUT2D eigenvalue weighted by Crippen LogP contribution is -2.33. The van der Waals surface area contributed by atoms with Crippen molar-refractivity contribution in [1.29, 1.82) is 0 Å². The van der Waals surface area contributed by atoms with Crippen molar-refractivity contribution in [3.63, 3.8) is 0 Å². The van der Waals surface area contributed by atoms with Gasteiger partial charge < -0.3 is 5.73 Å². The molecule has 3 N–H and O–H groups in total. The van der Waals surface area contributed by atoms with E-state index in [0.717, 1.165) is 29.0 Å². The maximum atomic E-state index is 12.4. The Hall–Kier alpha value is -0.430. The fourth-order valence-electron chi connectivity index (χ4n) is 2.71. The highest BCUT2D eigenvalue weighted by Crippen LogP contribution is 2.37. The molecule has 1 heterocycles. The van der Waals surface area contributed by atoms with Crippen molar-refractivity contribution < 1.29 is 8.42 Å². The molecule has 1 aliphatic carbocycles. The van der Waals surface area contributed by atoms with Crippen molar-refractivity contribution >= 4 is 21.4 Å². The monoisotopic (exact) mass is 302 g/mol. The molecule has 6 heteroatoms. The molecule has 0 saturated heterocycles. The molecule has 19 heavy (non-hydrogen) atoms. The molecule has 2 rings (SSSR count). The van der Waals surface area contributed by atoms with Crippen molar-refractivity contribution in [2.24, 2.45) is 11.1 Å². The van der Waals surface area contributed by atoms with Gasteiger partial charge in [-0.05, 0) is 37.7 Å². The summed E-state index contributed by atoms with van der Waals surface area (Å²) in [5, 5.41) is 0. The number of thiophene rings is 1. The lowest BCUT2D eigenvalue weighted by Gasteiger charge is -2.17. The second kappa shape index (κ2) is 5.16. The maximum Gasteiger partial charge on any atom is 0.241 e. The van der Waals surface area contributed by atoms with Crippen LogP contribution in [-0.4, -0.2) is 14.5 Å². The van der Waals surface area contributed by atoms with E-state index in [-0.39, 0.29) is 11.5 Å². The molecule has 4 nitrogen and oxygen atoms in total. The third kappa shape index (κ3) is 3.37. The predicted molar refractivity (Wildman–Crippen MR) is 78.7 cm³/mol. The molecule has 0 amide bonds. The molecule has 0 radical (unpaired) electrons. The number of sulfonamides is 1. The molecule has 1 unspecified atom stereocenters. The molecule has 108 valence electrons. The first-order chi connectivity index (χ1) is 8.73. The van der Waals surface area contributed by atoms with E-state index in [4.69, 9.17) is 5.73 Å². The van der Waals surface area contributed by atoms with Gasteiger partial charge in [-0.25, -0.2) is 13.1 Å². The Balaban J connectivity index is 2.16. The van der Waals surface area contributed by atoms with Gasteiger partial charge in [0.2, 0.25) is 10.0 Å². The van der Waals surface area contributed by atoms with Crippen LogP contribution in [0.4, 0.5) is 0 Å². The second-order valence-electron chi connectivity index (χ2n) is 6.06. The van der Waals surface area contributed by atoms with Crippen LogP contribution in [-0.2, 0) is 16.6 Å². The smallest absolute Gasteiger partial charge is 0.241 e. The van der Waals surface area contributed by atoms with Crippen molar-refractivity contribution in [1.82, 2.24) is 4.72 Å². The van der Waals surface area contributed by atoms with Crippen molar-refractivity contribution in [3.8, 4) is 0 Å². The van der Waals surface area contributed by atoms with Gasteiger partial charge in [0.25, 0.3) is 0 Å². The molecular weight excluding hydrogens is 280 g/mol. The summed E-state index contributed by atoms with van der Waals surface area (Å²) < 4.78 is 27.7. The number of aryl methyl sites for hydroxylation is 1. The minimum Gasteiger partial charge on any atom is -0.326 e. The summed E-state index contributed by atoms with van der Waals surface area (Å²) in [5.74, 6) is 0. The van der Waals surface area contributed by atoms with Gasteiger partial charge in [-0.2, -0.15) is 0 Å². The molecular formula is C13H22N2O2S2. The van der Waals surface area contributed by atoms with Crippen LogP contribution in [0.5, 0.6) is 0 Å². The van der Waals surface area contributed by atoms with Gasteiger partial charge in [-0.1, -0.05) is 13.8 Å². The third-order valence-corrected chi connectivity index (χ3v) is 6.55. The molecule has 1 aromatic rings. The Morgan fingerprint density at radius 1 is 1.53 bits per heavy atom. The largest absolute Gasteiger partial charge is 0.326 e. The second-order valence-corrected chi connectivity index (χ2v) is 9.09. The molecule has 0 aliphatic heterocycles. The summed E-state index contributed by atoms with van der Waals surface area (Å²) in [6.07, 6.45) is 2.88. The highest BCUT2D eigenvalue weighted by Gasteiger charge is 2.34. The number of rotatable bonds is 4. The zero-order valence-corrected chi connectivity index (χ0v) is 13.3. The Morgan fingerprint density at radius 3 is 2.68 bits per heavy atom. The summed E-state index contributed by atoms with van der Waals surface area (Å²) in [6, 6.07) is 1.75. The first-order valence-corrected chi connectivity index (χ1v) is 8.85. The average Bonchev–Trinajstić information content (AvgIpc) is 2.81. The van der Waals surface area contributed by atoms with Gasteiger partial charge in [0.15, 0.2) is 0 Å². The SMILES string of the molecule is Cc1sc(CN)cc1S(=O)(=O)NC1CCC(C)(C)C1. The number of hydrogen-bond donors (Lipinski definition) is 2. The highest BCUT2D eigenvalue weighted by molar-refractivity contribution is 7.89. The lowest BCUT2D eigenvalue weighted by atomic mass is 9.92. The first kappa shape index (κ1) is 15.0. The zero-order valence-electron chi connectivity index (χ0n) is 11.7. The predicted octanol–water partition coefficient (Wildman–Crippen LogP) is 2.37. The fourth-order valence-corrected chi connectivity index (χ4v) is 5.50. The Bertz CT molecular complexity index is 561. The van der Waals surface area contributed by atoms with Crippen LogP contribution < -0.4 is 10.5 Å². The van der Waals surface area contributed by atoms with Crippen molar-refractivity contribution in [2.45, 2.75) is 57.5 Å². The molecule has 0 spiro atoms. The van der Waals surface area contributed by atoms with E-state index in [0.29, 0.717) is 11.4 Å². The van der Waals surface area contributed by atoms with E-state index in [1.54, 1.807) is 6.07 Å². The number of nitrogens with two attached hydrogens (primary N) is 1. The van der Waals surface area contributed by atoms with Crippen LogP contribution in [0.15, 0.2) is 11.0 Å². The van der Waals surface area contributed by atoms with Gasteiger partial charge in [0.1, 0.15) is 0 Å². The lowest BCUT2D eigenvalue weighted by molar-refractivity contribution is 0.372. The minimum absolute atomic E-state index is 0.0561. The van der Waals surface area contributed by atoms with Crippen LogP contribution in [0.2, 0.25) is 0 Å².